The molecule has 1 aliphatic rings. The summed E-state index contributed by atoms with van der Waals surface area (Å²) in [4.78, 5) is 11.6. The van der Waals surface area contributed by atoms with Gasteiger partial charge in [0.25, 0.3) is 0 Å². The Hall–Kier alpha value is -1.84. The zero-order valence-electron chi connectivity index (χ0n) is 17.7. The molecule has 1 saturated heterocycles. The number of hydrogen-bond donors (Lipinski definition) is 2. The smallest absolute Gasteiger partial charge is 0.191 e. The Morgan fingerprint density at radius 3 is 2.66 bits per heavy atom. The Balaban J connectivity index is 0.00000300. The van der Waals surface area contributed by atoms with Gasteiger partial charge in [-0.3, -0.25) is 0 Å². The second-order valence-electron chi connectivity index (χ2n) is 7.00. The summed E-state index contributed by atoms with van der Waals surface area (Å²) in [6.45, 7) is 10.5. The minimum Gasteiger partial charge on any atom is -0.361 e. The standard InChI is InChI=1S/C21H32N6O.HI/c1-4-18-17(19(5-2)28-26-18)15-25-21(22-6-3)24-14-16-9-10-23-20(13-16)27-11-7-8-12-27;/h9-10,13H,4-8,11-12,14-15H2,1-3H3,(H2,22,24,25);1H. The lowest BCUT2D eigenvalue weighted by Crippen LogP contribution is -2.37. The summed E-state index contributed by atoms with van der Waals surface area (Å²) in [5, 5.41) is 10.9. The third-order valence-corrected chi connectivity index (χ3v) is 5.04. The summed E-state index contributed by atoms with van der Waals surface area (Å²) < 4.78 is 5.46. The van der Waals surface area contributed by atoms with Crippen molar-refractivity contribution in [2.75, 3.05) is 24.5 Å². The highest BCUT2D eigenvalue weighted by Gasteiger charge is 2.15. The Morgan fingerprint density at radius 1 is 1.17 bits per heavy atom. The number of nitrogens with zero attached hydrogens (tertiary/aromatic N) is 4. The van der Waals surface area contributed by atoms with Gasteiger partial charge in [0, 0.05) is 44.4 Å². The molecular weight excluding hydrogens is 479 g/mol. The lowest BCUT2D eigenvalue weighted by atomic mass is 10.1. The summed E-state index contributed by atoms with van der Waals surface area (Å²) in [7, 11) is 0. The third kappa shape index (κ3) is 6.32. The van der Waals surface area contributed by atoms with Crippen molar-refractivity contribution in [2.24, 2.45) is 4.99 Å². The number of anilines is 1. The molecule has 0 unspecified atom stereocenters. The first kappa shape index (κ1) is 23.4. The van der Waals surface area contributed by atoms with Crippen LogP contribution >= 0.6 is 24.0 Å². The molecule has 3 heterocycles. The van der Waals surface area contributed by atoms with Crippen LogP contribution < -0.4 is 15.5 Å². The van der Waals surface area contributed by atoms with Crippen molar-refractivity contribution in [3.05, 3.63) is 40.9 Å². The van der Waals surface area contributed by atoms with E-state index in [2.05, 4.69) is 52.5 Å². The summed E-state index contributed by atoms with van der Waals surface area (Å²) in [5.41, 5.74) is 3.34. The number of rotatable bonds is 8. The molecule has 2 aromatic rings. The van der Waals surface area contributed by atoms with Crippen LogP contribution in [0.4, 0.5) is 5.82 Å². The minimum atomic E-state index is 0. The van der Waals surface area contributed by atoms with Gasteiger partial charge in [0.2, 0.25) is 0 Å². The molecule has 8 heteroatoms. The molecule has 2 N–H and O–H groups in total. The molecule has 0 bridgehead atoms. The zero-order valence-corrected chi connectivity index (χ0v) is 20.0. The van der Waals surface area contributed by atoms with E-state index in [1.165, 1.54) is 18.4 Å². The first-order chi connectivity index (χ1) is 13.7. The number of halogens is 1. The molecule has 29 heavy (non-hydrogen) atoms. The van der Waals surface area contributed by atoms with Crippen molar-refractivity contribution in [1.82, 2.24) is 20.8 Å². The first-order valence-corrected chi connectivity index (χ1v) is 10.4. The second kappa shape index (κ2) is 12.0. The molecule has 0 aliphatic carbocycles. The van der Waals surface area contributed by atoms with E-state index in [0.29, 0.717) is 13.1 Å². The summed E-state index contributed by atoms with van der Waals surface area (Å²) in [5.74, 6) is 2.81. The average Bonchev–Trinajstić information content (AvgIpc) is 3.39. The van der Waals surface area contributed by atoms with Crippen molar-refractivity contribution >= 4 is 35.8 Å². The average molecular weight is 512 g/mol. The van der Waals surface area contributed by atoms with Gasteiger partial charge in [-0.2, -0.15) is 0 Å². The first-order valence-electron chi connectivity index (χ1n) is 10.4. The fourth-order valence-corrected chi connectivity index (χ4v) is 3.50. The van der Waals surface area contributed by atoms with E-state index < -0.39 is 0 Å². The molecule has 0 amide bonds. The van der Waals surface area contributed by atoms with E-state index in [9.17, 15) is 0 Å². The minimum absolute atomic E-state index is 0. The van der Waals surface area contributed by atoms with Gasteiger partial charge in [-0.15, -0.1) is 24.0 Å². The maximum atomic E-state index is 5.46. The van der Waals surface area contributed by atoms with Gasteiger partial charge in [-0.25, -0.2) is 9.98 Å². The Morgan fingerprint density at radius 2 is 1.97 bits per heavy atom. The highest BCUT2D eigenvalue weighted by atomic mass is 127. The van der Waals surface area contributed by atoms with E-state index in [1.807, 2.05) is 12.3 Å². The second-order valence-corrected chi connectivity index (χ2v) is 7.00. The fraction of sp³-hybridized carbons (Fsp3) is 0.571. The van der Waals surface area contributed by atoms with Gasteiger partial charge in [0.05, 0.1) is 12.2 Å². The Kier molecular flexibility index (Phi) is 9.69. The number of guanidine groups is 1. The largest absolute Gasteiger partial charge is 0.361 e. The lowest BCUT2D eigenvalue weighted by Gasteiger charge is -2.16. The van der Waals surface area contributed by atoms with Crippen molar-refractivity contribution < 1.29 is 4.52 Å². The zero-order chi connectivity index (χ0) is 19.8. The monoisotopic (exact) mass is 512 g/mol. The topological polar surface area (TPSA) is 78.6 Å². The molecule has 0 atom stereocenters. The summed E-state index contributed by atoms with van der Waals surface area (Å²) in [6.07, 6.45) is 6.09. The molecule has 0 spiro atoms. The summed E-state index contributed by atoms with van der Waals surface area (Å²) in [6, 6.07) is 4.19. The van der Waals surface area contributed by atoms with Crippen molar-refractivity contribution in [3.8, 4) is 0 Å². The van der Waals surface area contributed by atoms with Gasteiger partial charge in [0.1, 0.15) is 11.6 Å². The van der Waals surface area contributed by atoms with Crippen LogP contribution in [0.5, 0.6) is 0 Å². The number of aromatic nitrogens is 2. The SMILES string of the molecule is CCNC(=NCc1ccnc(N2CCCC2)c1)NCc1c(CC)noc1CC.I. The number of hydrogen-bond acceptors (Lipinski definition) is 5. The van der Waals surface area contributed by atoms with Gasteiger partial charge in [-0.05, 0) is 43.9 Å². The maximum absolute atomic E-state index is 5.46. The molecule has 160 valence electrons. The molecule has 7 nitrogen and oxygen atoms in total. The van der Waals surface area contributed by atoms with E-state index in [-0.39, 0.29) is 24.0 Å². The van der Waals surface area contributed by atoms with Crippen LogP contribution in [0.1, 0.15) is 56.2 Å². The highest BCUT2D eigenvalue weighted by molar-refractivity contribution is 14.0. The molecule has 0 saturated carbocycles. The molecular formula is C21H33IN6O. The van der Waals surface area contributed by atoms with E-state index in [4.69, 9.17) is 9.52 Å². The van der Waals surface area contributed by atoms with Gasteiger partial charge in [-0.1, -0.05) is 19.0 Å². The predicted molar refractivity (Wildman–Crippen MR) is 128 cm³/mol. The molecule has 2 aromatic heterocycles. The van der Waals surface area contributed by atoms with Crippen LogP contribution in [0.15, 0.2) is 27.8 Å². The van der Waals surface area contributed by atoms with E-state index >= 15 is 0 Å². The van der Waals surface area contributed by atoms with Crippen LogP contribution in [-0.2, 0) is 25.9 Å². The van der Waals surface area contributed by atoms with Gasteiger partial charge >= 0.3 is 0 Å². The number of pyridine rings is 1. The van der Waals surface area contributed by atoms with Crippen LogP contribution in [0, 0.1) is 0 Å². The quantitative estimate of drug-likeness (QED) is 0.319. The molecule has 3 rings (SSSR count). The van der Waals surface area contributed by atoms with E-state index in [0.717, 1.165) is 61.3 Å². The lowest BCUT2D eigenvalue weighted by molar-refractivity contribution is 0.380. The van der Waals surface area contributed by atoms with Crippen LogP contribution in [0.25, 0.3) is 0 Å². The molecule has 0 radical (unpaired) electrons. The number of nitrogens with one attached hydrogen (secondary N) is 2. The summed E-state index contributed by atoms with van der Waals surface area (Å²) >= 11 is 0. The van der Waals surface area contributed by atoms with Gasteiger partial charge in [0.15, 0.2) is 5.96 Å². The van der Waals surface area contributed by atoms with Crippen LogP contribution in [0.3, 0.4) is 0 Å². The van der Waals surface area contributed by atoms with Crippen molar-refractivity contribution in [1.29, 1.82) is 0 Å². The molecule has 1 fully saturated rings. The van der Waals surface area contributed by atoms with Gasteiger partial charge < -0.3 is 20.1 Å². The number of aryl methyl sites for hydroxylation is 2. The normalized spacial score (nSPS) is 14.0. The molecule has 1 aliphatic heterocycles. The maximum Gasteiger partial charge on any atom is 0.191 e. The Bertz CT molecular complexity index is 764. The Labute approximate surface area is 190 Å². The fourth-order valence-electron chi connectivity index (χ4n) is 3.50. The predicted octanol–water partition coefficient (Wildman–Crippen LogP) is 3.67. The number of aliphatic imine (C=N–C) groups is 1. The third-order valence-electron chi connectivity index (χ3n) is 5.04. The van der Waals surface area contributed by atoms with Crippen molar-refractivity contribution in [2.45, 2.75) is 59.5 Å². The van der Waals surface area contributed by atoms with E-state index in [1.54, 1.807) is 0 Å². The molecule has 0 aromatic carbocycles. The van der Waals surface area contributed by atoms with Crippen LogP contribution in [0.2, 0.25) is 0 Å². The highest BCUT2D eigenvalue weighted by Crippen LogP contribution is 2.19. The van der Waals surface area contributed by atoms with Crippen LogP contribution in [-0.4, -0.2) is 35.7 Å². The van der Waals surface area contributed by atoms with Crippen molar-refractivity contribution in [3.63, 3.8) is 0 Å².